The Morgan fingerprint density at radius 1 is 1.04 bits per heavy atom. The van der Waals surface area contributed by atoms with Crippen LogP contribution in [0.5, 0.6) is 5.75 Å². The van der Waals surface area contributed by atoms with Crippen LogP contribution >= 0.6 is 0 Å². The molecule has 1 unspecified atom stereocenters. The number of methoxy groups -OCH3 is 1. The fourth-order valence-electron chi connectivity index (χ4n) is 2.46. The third-order valence-corrected chi connectivity index (χ3v) is 4.81. The van der Waals surface area contributed by atoms with Gasteiger partial charge in [0.05, 0.1) is 12.7 Å². The number of rotatable bonds is 4. The van der Waals surface area contributed by atoms with E-state index in [-0.39, 0.29) is 16.0 Å². The first-order valence-electron chi connectivity index (χ1n) is 7.24. The third-order valence-electron chi connectivity index (χ3n) is 3.68. The van der Waals surface area contributed by atoms with E-state index >= 15 is 0 Å². The highest BCUT2D eigenvalue weighted by Gasteiger charge is 2.31. The normalized spacial score (nSPS) is 14.7. The molecule has 122 valence electrons. The number of hydrogen-bond acceptors (Lipinski definition) is 4. The van der Waals surface area contributed by atoms with Crippen molar-refractivity contribution in [3.05, 3.63) is 70.1 Å². The van der Waals surface area contributed by atoms with Crippen molar-refractivity contribution in [1.29, 1.82) is 0 Å². The fourth-order valence-corrected chi connectivity index (χ4v) is 3.41. The van der Waals surface area contributed by atoms with Gasteiger partial charge in [0.1, 0.15) is 10.7 Å². The summed E-state index contributed by atoms with van der Waals surface area (Å²) in [5.41, 5.74) is 2.09. The van der Waals surface area contributed by atoms with Crippen LogP contribution in [-0.2, 0) is 11.0 Å². The summed E-state index contributed by atoms with van der Waals surface area (Å²) in [6.07, 6.45) is 1.12. The second-order valence-electron chi connectivity index (χ2n) is 5.32. The molecule has 0 bridgehead atoms. The van der Waals surface area contributed by atoms with Crippen LogP contribution in [0.1, 0.15) is 26.3 Å². The molecule has 0 saturated heterocycles. The van der Waals surface area contributed by atoms with Gasteiger partial charge in [-0.05, 0) is 31.2 Å². The quantitative estimate of drug-likeness (QED) is 0.928. The molecule has 1 aliphatic rings. The van der Waals surface area contributed by atoms with Crippen LogP contribution in [0.4, 0.5) is 5.69 Å². The predicted molar refractivity (Wildman–Crippen MR) is 92.7 cm³/mol. The second-order valence-corrected chi connectivity index (χ2v) is 6.50. The van der Waals surface area contributed by atoms with E-state index in [1.807, 2.05) is 19.1 Å². The number of anilines is 1. The summed E-state index contributed by atoms with van der Waals surface area (Å²) in [6.45, 7) is 1.94. The lowest BCUT2D eigenvalue weighted by Gasteiger charge is -2.17. The first kappa shape index (κ1) is 16.1. The lowest BCUT2D eigenvalue weighted by atomic mass is 9.94. The van der Waals surface area contributed by atoms with Crippen molar-refractivity contribution in [3.63, 3.8) is 0 Å². The summed E-state index contributed by atoms with van der Waals surface area (Å²) in [5.74, 6) is -0.504. The largest absolute Gasteiger partial charge is 0.496 e. The Morgan fingerprint density at radius 2 is 1.75 bits per heavy atom. The average Bonchev–Trinajstić information content (AvgIpc) is 2.59. The number of hydrogen-bond donors (Lipinski definition) is 1. The smallest absolute Gasteiger partial charge is 0.204 e. The van der Waals surface area contributed by atoms with Crippen LogP contribution in [0, 0.1) is 6.92 Å². The Kier molecular flexibility index (Phi) is 4.31. The maximum absolute atomic E-state index is 12.6. The van der Waals surface area contributed by atoms with Crippen LogP contribution in [0.25, 0.3) is 0 Å². The number of fused-ring (bicyclic) bond motifs is 1. The molecule has 5 nitrogen and oxygen atoms in total. The van der Waals surface area contributed by atoms with E-state index in [4.69, 9.17) is 4.74 Å². The number of aryl methyl sites for hydroxylation is 1. The van der Waals surface area contributed by atoms with Crippen molar-refractivity contribution in [1.82, 2.24) is 0 Å². The predicted octanol–water partition coefficient (Wildman–Crippen LogP) is 3.04. The van der Waals surface area contributed by atoms with E-state index in [2.05, 4.69) is 4.72 Å². The van der Waals surface area contributed by atoms with Gasteiger partial charge >= 0.3 is 0 Å². The third kappa shape index (κ3) is 2.88. The highest BCUT2D eigenvalue weighted by atomic mass is 32.2. The summed E-state index contributed by atoms with van der Waals surface area (Å²) in [6, 6.07) is 12.0. The number of carbonyl (C=O) groups is 2. The molecule has 0 saturated carbocycles. The van der Waals surface area contributed by atoms with Gasteiger partial charge in [-0.25, -0.2) is 4.21 Å². The monoisotopic (exact) mass is 341 g/mol. The zero-order valence-corrected chi connectivity index (χ0v) is 14.0. The number of allylic oxidation sites excluding steroid dienone is 2. The highest BCUT2D eigenvalue weighted by Crippen LogP contribution is 2.30. The second kappa shape index (κ2) is 6.41. The Labute approximate surface area is 141 Å². The van der Waals surface area contributed by atoms with Crippen LogP contribution in [0.15, 0.2) is 53.4 Å². The Hall–Kier alpha value is -2.73. The molecule has 3 rings (SSSR count). The van der Waals surface area contributed by atoms with Crippen molar-refractivity contribution in [2.45, 2.75) is 6.92 Å². The number of carbonyl (C=O) groups excluding carboxylic acids is 2. The summed E-state index contributed by atoms with van der Waals surface area (Å²) in [7, 11) is -0.397. The van der Waals surface area contributed by atoms with E-state index in [0.29, 0.717) is 11.4 Å². The minimum absolute atomic E-state index is 0.0682. The Morgan fingerprint density at radius 3 is 2.42 bits per heavy atom. The van der Waals surface area contributed by atoms with Crippen LogP contribution in [0.2, 0.25) is 0 Å². The molecule has 24 heavy (non-hydrogen) atoms. The molecule has 0 amide bonds. The van der Waals surface area contributed by atoms with Gasteiger partial charge in [-0.3, -0.25) is 9.59 Å². The Balaban J connectivity index is 1.93. The molecule has 6 heteroatoms. The van der Waals surface area contributed by atoms with E-state index in [9.17, 15) is 13.8 Å². The minimum atomic E-state index is -1.83. The number of Topliss-reactive ketones (excluding diaryl/α,β-unsaturated/α-hetero) is 1. The van der Waals surface area contributed by atoms with E-state index < -0.39 is 22.6 Å². The molecule has 0 spiro atoms. The first-order chi connectivity index (χ1) is 11.5. The first-order valence-corrected chi connectivity index (χ1v) is 8.39. The topological polar surface area (TPSA) is 72.5 Å². The van der Waals surface area contributed by atoms with Crippen molar-refractivity contribution < 1.29 is 18.5 Å². The Bertz CT molecular complexity index is 884. The highest BCUT2D eigenvalue weighted by molar-refractivity contribution is 7.91. The maximum atomic E-state index is 12.6. The van der Waals surface area contributed by atoms with E-state index in [0.717, 1.165) is 11.6 Å². The number of nitrogens with one attached hydrogen (secondary N) is 1. The van der Waals surface area contributed by atoms with E-state index in [1.165, 1.54) is 13.2 Å². The van der Waals surface area contributed by atoms with Crippen LogP contribution < -0.4 is 9.46 Å². The molecule has 0 fully saturated rings. The molecule has 1 N–H and O–H groups in total. The SMILES string of the molecule is COc1cccc2c1C(=O)C=C(S(=O)Nc1ccc(C)cc1)C2=O. The van der Waals surface area contributed by atoms with Crippen LogP contribution in [0.3, 0.4) is 0 Å². The summed E-state index contributed by atoms with van der Waals surface area (Å²) in [4.78, 5) is 24.9. The van der Waals surface area contributed by atoms with E-state index in [1.54, 1.807) is 24.3 Å². The summed E-state index contributed by atoms with van der Waals surface area (Å²) in [5, 5.41) is 0. The molecule has 0 aliphatic heterocycles. The number of ether oxygens (including phenoxy) is 1. The molecular formula is C18H15NO4S. The van der Waals surface area contributed by atoms with Crippen molar-refractivity contribution in [3.8, 4) is 5.75 Å². The molecule has 0 radical (unpaired) electrons. The lowest BCUT2D eigenvalue weighted by Crippen LogP contribution is -2.23. The van der Waals surface area contributed by atoms with Crippen molar-refractivity contribution in [2.75, 3.05) is 11.8 Å². The van der Waals surface area contributed by atoms with Gasteiger partial charge in [-0.2, -0.15) is 0 Å². The van der Waals surface area contributed by atoms with Crippen LogP contribution in [-0.4, -0.2) is 22.9 Å². The van der Waals surface area contributed by atoms with Gasteiger partial charge in [0, 0.05) is 17.3 Å². The molecular weight excluding hydrogens is 326 g/mol. The standard InChI is InChI=1S/C18H15NO4S/c1-11-6-8-12(9-7-11)19-24(22)16-10-14(20)17-13(18(16)21)4-3-5-15(17)23-2/h3-10,19H,1-2H3. The van der Waals surface area contributed by atoms with Gasteiger partial charge in [0.15, 0.2) is 16.8 Å². The zero-order valence-electron chi connectivity index (χ0n) is 13.2. The van der Waals surface area contributed by atoms with Gasteiger partial charge in [-0.15, -0.1) is 0 Å². The molecule has 0 aromatic heterocycles. The summed E-state index contributed by atoms with van der Waals surface area (Å²) < 4.78 is 20.4. The molecule has 1 atom stereocenters. The van der Waals surface area contributed by atoms with Crippen molar-refractivity contribution >= 4 is 28.2 Å². The number of ketones is 2. The van der Waals surface area contributed by atoms with Gasteiger partial charge in [0.2, 0.25) is 5.78 Å². The number of benzene rings is 2. The molecule has 0 heterocycles. The lowest BCUT2D eigenvalue weighted by molar-refractivity contribution is 0.0988. The zero-order chi connectivity index (χ0) is 17.3. The van der Waals surface area contributed by atoms with Gasteiger partial charge in [-0.1, -0.05) is 23.8 Å². The minimum Gasteiger partial charge on any atom is -0.496 e. The van der Waals surface area contributed by atoms with Crippen molar-refractivity contribution in [2.24, 2.45) is 0 Å². The van der Waals surface area contributed by atoms with Gasteiger partial charge < -0.3 is 9.46 Å². The average molecular weight is 341 g/mol. The summed E-state index contributed by atoms with van der Waals surface area (Å²) >= 11 is 0. The molecule has 2 aromatic rings. The van der Waals surface area contributed by atoms with Gasteiger partial charge in [0.25, 0.3) is 0 Å². The molecule has 2 aromatic carbocycles. The molecule has 1 aliphatic carbocycles. The fraction of sp³-hybridized carbons (Fsp3) is 0.111. The maximum Gasteiger partial charge on any atom is 0.204 e.